The van der Waals surface area contributed by atoms with E-state index in [-0.39, 0.29) is 5.82 Å². The summed E-state index contributed by atoms with van der Waals surface area (Å²) in [6.07, 6.45) is 1.65. The van der Waals surface area contributed by atoms with Gasteiger partial charge in [-0.1, -0.05) is 0 Å². The van der Waals surface area contributed by atoms with Gasteiger partial charge in [0.05, 0.1) is 0 Å². The summed E-state index contributed by atoms with van der Waals surface area (Å²) < 4.78 is 1.48. The minimum absolute atomic E-state index is 0.205. The molecule has 0 radical (unpaired) electrons. The molecule has 0 aromatic carbocycles. The fourth-order valence-electron chi connectivity index (χ4n) is 2.19. The first-order valence-electron chi connectivity index (χ1n) is 4.97. The van der Waals surface area contributed by atoms with Gasteiger partial charge in [0.1, 0.15) is 11.7 Å². The third-order valence-corrected chi connectivity index (χ3v) is 2.83. The zero-order valence-electron chi connectivity index (χ0n) is 8.71. The second kappa shape index (κ2) is 3.58. The molecule has 1 atom stereocenters. The Bertz CT molecular complexity index is 466. The van der Waals surface area contributed by atoms with Gasteiger partial charge in [-0.2, -0.15) is 0 Å². The standard InChI is InChI=1S/C9H11N3O4/c1-5-10-8(12(15)16)6-3-2-4-7(9(13)14)11(5)6/h7H,2-4H2,1H3,(H,13,14). The van der Waals surface area contributed by atoms with Crippen LogP contribution < -0.4 is 0 Å². The molecule has 2 rings (SSSR count). The summed E-state index contributed by atoms with van der Waals surface area (Å²) in [6.45, 7) is 1.60. The summed E-state index contributed by atoms with van der Waals surface area (Å²) in [6, 6.07) is -0.718. The summed E-state index contributed by atoms with van der Waals surface area (Å²) in [4.78, 5) is 25.0. The summed E-state index contributed by atoms with van der Waals surface area (Å²) >= 11 is 0. The van der Waals surface area contributed by atoms with Gasteiger partial charge in [0.15, 0.2) is 0 Å². The van der Waals surface area contributed by atoms with Crippen molar-refractivity contribution in [3.8, 4) is 0 Å². The molecule has 1 unspecified atom stereocenters. The van der Waals surface area contributed by atoms with Crippen LogP contribution in [-0.4, -0.2) is 25.6 Å². The van der Waals surface area contributed by atoms with Crippen LogP contribution in [0.2, 0.25) is 0 Å². The van der Waals surface area contributed by atoms with E-state index >= 15 is 0 Å². The number of fused-ring (bicyclic) bond motifs is 1. The van der Waals surface area contributed by atoms with Crippen LogP contribution in [0.15, 0.2) is 0 Å². The maximum absolute atomic E-state index is 11.0. The van der Waals surface area contributed by atoms with Crippen LogP contribution in [0.4, 0.5) is 5.82 Å². The number of rotatable bonds is 2. The Morgan fingerprint density at radius 2 is 2.38 bits per heavy atom. The largest absolute Gasteiger partial charge is 0.480 e. The Morgan fingerprint density at radius 1 is 1.69 bits per heavy atom. The molecule has 1 N–H and O–H groups in total. The summed E-state index contributed by atoms with van der Waals surface area (Å²) in [7, 11) is 0. The van der Waals surface area contributed by atoms with E-state index in [0.29, 0.717) is 30.8 Å². The summed E-state index contributed by atoms with van der Waals surface area (Å²) in [5.74, 6) is -0.770. The number of hydrogen-bond donors (Lipinski definition) is 1. The number of aryl methyl sites for hydroxylation is 1. The molecule has 0 saturated carbocycles. The normalized spacial score (nSPS) is 19.2. The zero-order chi connectivity index (χ0) is 11.9. The highest BCUT2D eigenvalue weighted by Crippen LogP contribution is 2.32. The van der Waals surface area contributed by atoms with Gasteiger partial charge >= 0.3 is 11.8 Å². The van der Waals surface area contributed by atoms with Crippen LogP contribution in [0.3, 0.4) is 0 Å². The van der Waals surface area contributed by atoms with Crippen molar-refractivity contribution in [2.75, 3.05) is 0 Å². The average Bonchev–Trinajstić information content (AvgIpc) is 2.56. The van der Waals surface area contributed by atoms with Crippen molar-refractivity contribution in [3.63, 3.8) is 0 Å². The Labute approximate surface area is 90.9 Å². The zero-order valence-corrected chi connectivity index (χ0v) is 8.71. The molecule has 0 saturated heterocycles. The number of aromatic nitrogens is 2. The minimum Gasteiger partial charge on any atom is -0.480 e. The van der Waals surface area contributed by atoms with Crippen LogP contribution >= 0.6 is 0 Å². The predicted octanol–water partition coefficient (Wildman–Crippen LogP) is 1.06. The maximum Gasteiger partial charge on any atom is 0.385 e. The monoisotopic (exact) mass is 225 g/mol. The molecule has 0 amide bonds. The van der Waals surface area contributed by atoms with Gasteiger partial charge in [0.25, 0.3) is 0 Å². The van der Waals surface area contributed by atoms with E-state index < -0.39 is 16.9 Å². The number of carboxylic acids is 1. The molecule has 7 heteroatoms. The number of aliphatic carboxylic acids is 1. The van der Waals surface area contributed by atoms with Gasteiger partial charge in [-0.25, -0.2) is 4.79 Å². The topological polar surface area (TPSA) is 98.3 Å². The Morgan fingerprint density at radius 3 is 2.94 bits per heavy atom. The van der Waals surface area contributed by atoms with Crippen molar-refractivity contribution >= 4 is 11.8 Å². The molecule has 1 aromatic rings. The van der Waals surface area contributed by atoms with Crippen molar-refractivity contribution in [1.29, 1.82) is 0 Å². The van der Waals surface area contributed by atoms with E-state index in [1.54, 1.807) is 6.92 Å². The lowest BCUT2D eigenvalue weighted by molar-refractivity contribution is -0.390. The van der Waals surface area contributed by atoms with Crippen molar-refractivity contribution in [3.05, 3.63) is 21.6 Å². The predicted molar refractivity (Wildman–Crippen MR) is 53.2 cm³/mol. The molecule has 7 nitrogen and oxygen atoms in total. The second-order valence-electron chi connectivity index (χ2n) is 3.80. The van der Waals surface area contributed by atoms with E-state index in [1.807, 2.05) is 0 Å². The van der Waals surface area contributed by atoms with Crippen LogP contribution in [0.25, 0.3) is 0 Å². The van der Waals surface area contributed by atoms with Crippen molar-refractivity contribution < 1.29 is 14.8 Å². The Balaban J connectivity index is 2.57. The van der Waals surface area contributed by atoms with Crippen LogP contribution in [0.1, 0.15) is 30.4 Å². The Hall–Kier alpha value is -1.92. The minimum atomic E-state index is -0.962. The van der Waals surface area contributed by atoms with Gasteiger partial charge in [0, 0.05) is 6.92 Å². The number of nitro groups is 1. The molecule has 86 valence electrons. The van der Waals surface area contributed by atoms with E-state index in [1.165, 1.54) is 4.57 Å². The third-order valence-electron chi connectivity index (χ3n) is 2.83. The van der Waals surface area contributed by atoms with Crippen molar-refractivity contribution in [2.45, 2.75) is 32.2 Å². The van der Waals surface area contributed by atoms with E-state index in [9.17, 15) is 14.9 Å². The first kappa shape index (κ1) is 10.6. The summed E-state index contributed by atoms with van der Waals surface area (Å²) in [5, 5.41) is 19.8. The van der Waals surface area contributed by atoms with Crippen LogP contribution in [0, 0.1) is 17.0 Å². The fraction of sp³-hybridized carbons (Fsp3) is 0.556. The van der Waals surface area contributed by atoms with Gasteiger partial charge < -0.3 is 15.2 Å². The molecule has 1 aliphatic heterocycles. The van der Waals surface area contributed by atoms with E-state index in [2.05, 4.69) is 4.98 Å². The van der Waals surface area contributed by atoms with Crippen LogP contribution in [0.5, 0.6) is 0 Å². The molecule has 0 spiro atoms. The van der Waals surface area contributed by atoms with Crippen molar-refractivity contribution in [2.24, 2.45) is 0 Å². The number of carbonyl (C=O) groups is 1. The number of imidazole rings is 1. The maximum atomic E-state index is 11.0. The molecule has 2 heterocycles. The highest BCUT2D eigenvalue weighted by atomic mass is 16.6. The van der Waals surface area contributed by atoms with Gasteiger partial charge in [-0.3, -0.25) is 4.57 Å². The quantitative estimate of drug-likeness (QED) is 0.599. The van der Waals surface area contributed by atoms with Crippen LogP contribution in [-0.2, 0) is 11.2 Å². The van der Waals surface area contributed by atoms with E-state index in [4.69, 9.17) is 5.11 Å². The number of carboxylic acid groups (broad SMARTS) is 1. The third kappa shape index (κ3) is 1.44. The molecular weight excluding hydrogens is 214 g/mol. The van der Waals surface area contributed by atoms with Gasteiger partial charge in [0.2, 0.25) is 5.82 Å². The molecule has 0 bridgehead atoms. The average molecular weight is 225 g/mol. The second-order valence-corrected chi connectivity index (χ2v) is 3.80. The fourth-order valence-corrected chi connectivity index (χ4v) is 2.19. The van der Waals surface area contributed by atoms with E-state index in [0.717, 1.165) is 0 Å². The molecule has 0 fully saturated rings. The smallest absolute Gasteiger partial charge is 0.385 e. The molecule has 1 aromatic heterocycles. The van der Waals surface area contributed by atoms with Gasteiger partial charge in [-0.05, 0) is 29.2 Å². The number of nitrogens with zero attached hydrogens (tertiary/aromatic N) is 3. The first-order valence-corrected chi connectivity index (χ1v) is 4.97. The summed E-state index contributed by atoms with van der Waals surface area (Å²) in [5.41, 5.74) is 0.432. The molecule has 0 aliphatic carbocycles. The lowest BCUT2D eigenvalue weighted by Gasteiger charge is -2.21. The highest BCUT2D eigenvalue weighted by Gasteiger charge is 2.35. The lowest BCUT2D eigenvalue weighted by atomic mass is 10.0. The Kier molecular flexibility index (Phi) is 2.37. The van der Waals surface area contributed by atoms with Crippen molar-refractivity contribution in [1.82, 2.24) is 9.55 Å². The first-order chi connectivity index (χ1) is 7.52. The molecule has 16 heavy (non-hydrogen) atoms. The highest BCUT2D eigenvalue weighted by molar-refractivity contribution is 5.72. The SMILES string of the molecule is Cc1nc([N+](=O)[O-])c2n1C(C(=O)O)CCC2. The number of hydrogen-bond acceptors (Lipinski definition) is 4. The van der Waals surface area contributed by atoms with Gasteiger partial charge in [-0.15, -0.1) is 0 Å². The molecular formula is C9H11N3O4. The molecule has 1 aliphatic rings. The lowest BCUT2D eigenvalue weighted by Crippen LogP contribution is -2.25.